The molecule has 0 aliphatic heterocycles. The smallest absolute Gasteiger partial charge is 0.128 e. The van der Waals surface area contributed by atoms with E-state index in [0.29, 0.717) is 0 Å². The second kappa shape index (κ2) is 6.04. The van der Waals surface area contributed by atoms with Gasteiger partial charge in [0, 0.05) is 23.5 Å². The summed E-state index contributed by atoms with van der Waals surface area (Å²) in [5.41, 5.74) is 7.09. The molecule has 100 valence electrons. The molecule has 2 rings (SSSR count). The molecule has 1 aliphatic carbocycles. The van der Waals surface area contributed by atoms with Crippen molar-refractivity contribution in [3.05, 3.63) is 28.2 Å². The maximum atomic E-state index is 6.01. The van der Waals surface area contributed by atoms with Gasteiger partial charge >= 0.3 is 0 Å². The molecule has 0 saturated heterocycles. The van der Waals surface area contributed by atoms with E-state index in [1.54, 1.807) is 0 Å². The van der Waals surface area contributed by atoms with Gasteiger partial charge in [-0.2, -0.15) is 0 Å². The van der Waals surface area contributed by atoms with Crippen molar-refractivity contribution in [2.24, 2.45) is 5.73 Å². The highest BCUT2D eigenvalue weighted by Crippen LogP contribution is 2.31. The van der Waals surface area contributed by atoms with Crippen molar-refractivity contribution in [1.82, 2.24) is 0 Å². The molecule has 0 spiro atoms. The first-order valence-corrected chi connectivity index (χ1v) is 7.21. The van der Waals surface area contributed by atoms with Gasteiger partial charge in [-0.3, -0.25) is 0 Å². The molecule has 1 aliphatic rings. The number of benzene rings is 1. The van der Waals surface area contributed by atoms with Crippen LogP contribution in [0.2, 0.25) is 0 Å². The van der Waals surface area contributed by atoms with Crippen LogP contribution in [0.3, 0.4) is 0 Å². The lowest BCUT2D eigenvalue weighted by Crippen LogP contribution is -2.59. The number of hydrogen-bond acceptors (Lipinski definition) is 3. The first-order chi connectivity index (χ1) is 8.61. The van der Waals surface area contributed by atoms with Crippen LogP contribution in [-0.4, -0.2) is 24.9 Å². The number of hydrogen-bond donors (Lipinski definition) is 1. The highest BCUT2D eigenvalue weighted by Gasteiger charge is 2.41. The summed E-state index contributed by atoms with van der Waals surface area (Å²) in [4.78, 5) is 0. The molecule has 0 bridgehead atoms. The zero-order valence-corrected chi connectivity index (χ0v) is 12.4. The van der Waals surface area contributed by atoms with Gasteiger partial charge in [0.25, 0.3) is 0 Å². The van der Waals surface area contributed by atoms with Crippen LogP contribution >= 0.6 is 15.9 Å². The number of halogens is 1. The van der Waals surface area contributed by atoms with Crippen molar-refractivity contribution in [2.45, 2.75) is 44.9 Å². The third-order valence-corrected chi connectivity index (χ3v) is 3.73. The van der Waals surface area contributed by atoms with Gasteiger partial charge in [0.05, 0.1) is 0 Å². The van der Waals surface area contributed by atoms with E-state index < -0.39 is 0 Å². The van der Waals surface area contributed by atoms with Gasteiger partial charge in [0.2, 0.25) is 0 Å². The lowest BCUT2D eigenvalue weighted by Gasteiger charge is -2.42. The summed E-state index contributed by atoms with van der Waals surface area (Å²) in [6.07, 6.45) is 1.98. The lowest BCUT2D eigenvalue weighted by atomic mass is 9.86. The maximum Gasteiger partial charge on any atom is 0.128 e. The summed E-state index contributed by atoms with van der Waals surface area (Å²) in [5, 5.41) is 0. The van der Waals surface area contributed by atoms with Crippen molar-refractivity contribution in [1.29, 1.82) is 0 Å². The molecule has 1 aromatic rings. The summed E-state index contributed by atoms with van der Waals surface area (Å²) < 4.78 is 12.8. The molecule has 18 heavy (non-hydrogen) atoms. The van der Waals surface area contributed by atoms with Crippen LogP contribution in [0.15, 0.2) is 22.7 Å². The highest BCUT2D eigenvalue weighted by atomic mass is 79.9. The summed E-state index contributed by atoms with van der Waals surface area (Å²) in [7, 11) is 0. The maximum absolute atomic E-state index is 6.01. The van der Waals surface area contributed by atoms with E-state index in [0.717, 1.165) is 35.2 Å². The molecule has 2 N–H and O–H groups in total. The molecule has 0 amide bonds. The third-order valence-electron chi connectivity index (χ3n) is 3.24. The Balaban J connectivity index is 1.98. The van der Waals surface area contributed by atoms with E-state index in [-0.39, 0.29) is 18.2 Å². The van der Waals surface area contributed by atoms with Crippen LogP contribution in [0, 0.1) is 6.92 Å². The van der Waals surface area contributed by atoms with Crippen molar-refractivity contribution in [2.75, 3.05) is 6.61 Å². The number of ether oxygens (including phenoxy) is 2. The molecule has 4 heteroatoms. The van der Waals surface area contributed by atoms with Gasteiger partial charge in [-0.15, -0.1) is 0 Å². The molecular weight excluding hydrogens is 294 g/mol. The largest absolute Gasteiger partial charge is 0.487 e. The van der Waals surface area contributed by atoms with E-state index in [1.807, 2.05) is 25.1 Å². The molecule has 0 aromatic heterocycles. The van der Waals surface area contributed by atoms with Crippen LogP contribution in [0.4, 0.5) is 0 Å². The average Bonchev–Trinajstić information content (AvgIpc) is 2.33. The molecule has 3 nitrogen and oxygen atoms in total. The quantitative estimate of drug-likeness (QED) is 0.908. The molecule has 1 fully saturated rings. The Labute approximate surface area is 117 Å². The Bertz CT molecular complexity index is 411. The van der Waals surface area contributed by atoms with Crippen LogP contribution in [-0.2, 0) is 4.74 Å². The van der Waals surface area contributed by atoms with Gasteiger partial charge in [0.15, 0.2) is 0 Å². The summed E-state index contributed by atoms with van der Waals surface area (Å²) >= 11 is 3.46. The fourth-order valence-corrected chi connectivity index (χ4v) is 2.42. The summed E-state index contributed by atoms with van der Waals surface area (Å²) in [6.45, 7) is 4.89. The third kappa shape index (κ3) is 3.05. The standard InChI is InChI=1S/C14H20BrNO2/c1-3-6-17-14-11(16)8-13(14)18-12-7-10(15)5-4-9(12)2/h4-5,7,11,13-14H,3,6,8,16H2,1-2H3. The minimum atomic E-state index is 0.0309. The molecule has 3 atom stereocenters. The Morgan fingerprint density at radius 2 is 2.22 bits per heavy atom. The fraction of sp³-hybridized carbons (Fsp3) is 0.571. The molecule has 1 saturated carbocycles. The van der Waals surface area contributed by atoms with E-state index in [1.165, 1.54) is 0 Å². The second-order valence-electron chi connectivity index (χ2n) is 4.80. The van der Waals surface area contributed by atoms with E-state index >= 15 is 0 Å². The zero-order chi connectivity index (χ0) is 13.1. The number of aryl methyl sites for hydroxylation is 1. The van der Waals surface area contributed by atoms with E-state index in [9.17, 15) is 0 Å². The van der Waals surface area contributed by atoms with Gasteiger partial charge in [-0.05, 0) is 31.0 Å². The first-order valence-electron chi connectivity index (χ1n) is 6.41. The zero-order valence-electron chi connectivity index (χ0n) is 10.9. The monoisotopic (exact) mass is 313 g/mol. The number of nitrogens with two attached hydrogens (primary N) is 1. The second-order valence-corrected chi connectivity index (χ2v) is 5.72. The minimum Gasteiger partial charge on any atom is -0.487 e. The van der Waals surface area contributed by atoms with Crippen LogP contribution < -0.4 is 10.5 Å². The predicted molar refractivity (Wildman–Crippen MR) is 75.9 cm³/mol. The molecule has 3 unspecified atom stereocenters. The average molecular weight is 314 g/mol. The minimum absolute atomic E-state index is 0.0309. The fourth-order valence-electron chi connectivity index (χ4n) is 2.08. The van der Waals surface area contributed by atoms with Crippen molar-refractivity contribution in [3.8, 4) is 5.75 Å². The lowest BCUT2D eigenvalue weighted by molar-refractivity contribution is -0.0981. The normalized spacial score (nSPS) is 26.8. The van der Waals surface area contributed by atoms with E-state index in [4.69, 9.17) is 15.2 Å². The topological polar surface area (TPSA) is 44.5 Å². The van der Waals surface area contributed by atoms with Gasteiger partial charge in [-0.25, -0.2) is 0 Å². The van der Waals surface area contributed by atoms with Gasteiger partial charge < -0.3 is 15.2 Å². The number of rotatable bonds is 5. The van der Waals surface area contributed by atoms with E-state index in [2.05, 4.69) is 22.9 Å². The van der Waals surface area contributed by atoms with Crippen LogP contribution in [0.5, 0.6) is 5.75 Å². The molecule has 0 radical (unpaired) electrons. The van der Waals surface area contributed by atoms with Gasteiger partial charge in [0.1, 0.15) is 18.0 Å². The Morgan fingerprint density at radius 1 is 1.44 bits per heavy atom. The Kier molecular flexibility index (Phi) is 4.65. The van der Waals surface area contributed by atoms with Crippen molar-refractivity contribution in [3.63, 3.8) is 0 Å². The summed E-state index contributed by atoms with van der Waals surface area (Å²) in [5.74, 6) is 0.909. The SMILES string of the molecule is CCCOC1C(N)CC1Oc1cc(Br)ccc1C. The van der Waals surface area contributed by atoms with Crippen molar-refractivity contribution < 1.29 is 9.47 Å². The van der Waals surface area contributed by atoms with Crippen LogP contribution in [0.25, 0.3) is 0 Å². The molecule has 0 heterocycles. The Hall–Kier alpha value is -0.580. The van der Waals surface area contributed by atoms with Crippen LogP contribution in [0.1, 0.15) is 25.3 Å². The van der Waals surface area contributed by atoms with Crippen molar-refractivity contribution >= 4 is 15.9 Å². The predicted octanol–water partition coefficient (Wildman–Crippen LogP) is 3.03. The molecular formula is C14H20BrNO2. The molecule has 1 aromatic carbocycles. The summed E-state index contributed by atoms with van der Waals surface area (Å²) in [6, 6.07) is 6.16. The Morgan fingerprint density at radius 3 is 2.89 bits per heavy atom. The first kappa shape index (κ1) is 13.8. The highest BCUT2D eigenvalue weighted by molar-refractivity contribution is 9.10. The van der Waals surface area contributed by atoms with Gasteiger partial charge in [-0.1, -0.05) is 28.9 Å².